The lowest BCUT2D eigenvalue weighted by molar-refractivity contribution is -0.115. The monoisotopic (exact) mass is 250 g/mol. The van der Waals surface area contributed by atoms with Crippen LogP contribution >= 0.6 is 0 Å². The van der Waals surface area contributed by atoms with Crippen molar-refractivity contribution in [1.29, 1.82) is 0 Å². The van der Waals surface area contributed by atoms with Crippen molar-refractivity contribution in [1.82, 2.24) is 5.32 Å². The molecular formula is C13H18N2O3. The zero-order valence-corrected chi connectivity index (χ0v) is 10.7. The van der Waals surface area contributed by atoms with Gasteiger partial charge in [0.15, 0.2) is 11.5 Å². The van der Waals surface area contributed by atoms with Crippen LogP contribution in [0.1, 0.15) is 0 Å². The molecule has 0 radical (unpaired) electrons. The van der Waals surface area contributed by atoms with Crippen LogP contribution in [0.25, 0.3) is 0 Å². The van der Waals surface area contributed by atoms with Crippen molar-refractivity contribution in [3.63, 3.8) is 0 Å². The number of benzene rings is 1. The summed E-state index contributed by atoms with van der Waals surface area (Å²) < 4.78 is 10.3. The van der Waals surface area contributed by atoms with Crippen molar-refractivity contribution in [2.24, 2.45) is 0 Å². The third-order valence-electron chi connectivity index (χ3n) is 2.24. The summed E-state index contributed by atoms with van der Waals surface area (Å²) in [6.07, 6.45) is 1.70. The summed E-state index contributed by atoms with van der Waals surface area (Å²) in [7, 11) is 3.12. The molecule has 5 heteroatoms. The number of nitrogens with one attached hydrogen (secondary N) is 2. The van der Waals surface area contributed by atoms with Crippen LogP contribution in [0.5, 0.6) is 11.5 Å². The van der Waals surface area contributed by atoms with Crippen LogP contribution in [0.3, 0.4) is 0 Å². The molecule has 0 aliphatic heterocycles. The molecule has 0 saturated carbocycles. The van der Waals surface area contributed by atoms with E-state index in [-0.39, 0.29) is 12.5 Å². The molecule has 0 bridgehead atoms. The minimum absolute atomic E-state index is 0.121. The summed E-state index contributed by atoms with van der Waals surface area (Å²) in [6, 6.07) is 5.21. The minimum atomic E-state index is -0.121. The first-order valence-corrected chi connectivity index (χ1v) is 5.54. The van der Waals surface area contributed by atoms with Crippen molar-refractivity contribution in [3.8, 4) is 11.5 Å². The third-order valence-corrected chi connectivity index (χ3v) is 2.24. The van der Waals surface area contributed by atoms with Gasteiger partial charge in [-0.25, -0.2) is 0 Å². The molecule has 0 unspecified atom stereocenters. The van der Waals surface area contributed by atoms with Crippen molar-refractivity contribution in [2.45, 2.75) is 0 Å². The third kappa shape index (κ3) is 4.10. The summed E-state index contributed by atoms with van der Waals surface area (Å²) in [5, 5.41) is 5.68. The van der Waals surface area contributed by atoms with Crippen LogP contribution in [-0.4, -0.2) is 33.2 Å². The number of carbonyl (C=O) groups excluding carboxylic acids is 1. The molecule has 98 valence electrons. The fourth-order valence-corrected chi connectivity index (χ4v) is 1.41. The molecule has 18 heavy (non-hydrogen) atoms. The number of carbonyl (C=O) groups is 1. The van der Waals surface area contributed by atoms with Gasteiger partial charge < -0.3 is 20.1 Å². The van der Waals surface area contributed by atoms with E-state index in [1.54, 1.807) is 38.5 Å². The molecular weight excluding hydrogens is 232 g/mol. The van der Waals surface area contributed by atoms with E-state index in [0.29, 0.717) is 23.7 Å². The van der Waals surface area contributed by atoms with Gasteiger partial charge in [-0.2, -0.15) is 0 Å². The van der Waals surface area contributed by atoms with Crippen LogP contribution in [0, 0.1) is 0 Å². The Balaban J connectivity index is 2.61. The Morgan fingerprint density at radius 3 is 2.67 bits per heavy atom. The van der Waals surface area contributed by atoms with Crippen LogP contribution in [0.15, 0.2) is 30.9 Å². The van der Waals surface area contributed by atoms with Gasteiger partial charge in [-0.15, -0.1) is 6.58 Å². The minimum Gasteiger partial charge on any atom is -0.493 e. The molecule has 0 fully saturated rings. The van der Waals surface area contributed by atoms with Crippen molar-refractivity contribution in [3.05, 3.63) is 30.9 Å². The lowest BCUT2D eigenvalue weighted by atomic mass is 10.2. The van der Waals surface area contributed by atoms with E-state index in [4.69, 9.17) is 9.47 Å². The van der Waals surface area contributed by atoms with E-state index >= 15 is 0 Å². The van der Waals surface area contributed by atoms with Gasteiger partial charge in [-0.05, 0) is 12.1 Å². The Morgan fingerprint density at radius 1 is 1.33 bits per heavy atom. The molecule has 2 N–H and O–H groups in total. The summed E-state index contributed by atoms with van der Waals surface area (Å²) in [5.74, 6) is 1.08. The van der Waals surface area contributed by atoms with Gasteiger partial charge in [0.1, 0.15) is 0 Å². The first kappa shape index (κ1) is 14.1. The van der Waals surface area contributed by atoms with E-state index in [1.807, 2.05) is 0 Å². The summed E-state index contributed by atoms with van der Waals surface area (Å²) in [5.41, 5.74) is 0.665. The first-order chi connectivity index (χ1) is 8.71. The molecule has 1 amide bonds. The molecule has 5 nitrogen and oxygen atoms in total. The Hall–Kier alpha value is -2.01. The van der Waals surface area contributed by atoms with Crippen molar-refractivity contribution in [2.75, 3.05) is 32.6 Å². The van der Waals surface area contributed by atoms with Gasteiger partial charge in [-0.3, -0.25) is 4.79 Å². The highest BCUT2D eigenvalue weighted by Crippen LogP contribution is 2.29. The Kier molecular flexibility index (Phi) is 5.73. The molecule has 1 aromatic rings. The quantitative estimate of drug-likeness (QED) is 0.567. The number of amides is 1. The number of methoxy groups -OCH3 is 2. The van der Waals surface area contributed by atoms with Gasteiger partial charge in [0, 0.05) is 18.3 Å². The van der Waals surface area contributed by atoms with Gasteiger partial charge in [0.2, 0.25) is 5.91 Å². The molecule has 0 heterocycles. The van der Waals surface area contributed by atoms with Gasteiger partial charge >= 0.3 is 0 Å². The average molecular weight is 250 g/mol. The maximum Gasteiger partial charge on any atom is 0.238 e. The lowest BCUT2D eigenvalue weighted by Gasteiger charge is -2.10. The maximum atomic E-state index is 11.6. The molecule has 0 aliphatic carbocycles. The van der Waals surface area contributed by atoms with Crippen LogP contribution in [0.4, 0.5) is 5.69 Å². The number of rotatable bonds is 7. The SMILES string of the molecule is C=CCNCC(=O)Nc1ccc(OC)c(OC)c1. The fourth-order valence-electron chi connectivity index (χ4n) is 1.41. The number of anilines is 1. The molecule has 0 spiro atoms. The van der Waals surface area contributed by atoms with E-state index in [2.05, 4.69) is 17.2 Å². The van der Waals surface area contributed by atoms with Crippen LogP contribution in [-0.2, 0) is 4.79 Å². The van der Waals surface area contributed by atoms with Crippen molar-refractivity contribution < 1.29 is 14.3 Å². The summed E-state index contributed by atoms with van der Waals surface area (Å²) in [4.78, 5) is 11.6. The van der Waals surface area contributed by atoms with Gasteiger partial charge in [0.05, 0.1) is 20.8 Å². The zero-order chi connectivity index (χ0) is 13.4. The number of hydrogen-bond donors (Lipinski definition) is 2. The summed E-state index contributed by atoms with van der Waals surface area (Å²) in [6.45, 7) is 4.39. The highest BCUT2D eigenvalue weighted by Gasteiger charge is 2.06. The lowest BCUT2D eigenvalue weighted by Crippen LogP contribution is -2.28. The molecule has 0 aromatic heterocycles. The second kappa shape index (κ2) is 7.34. The maximum absolute atomic E-state index is 11.6. The van der Waals surface area contributed by atoms with Gasteiger partial charge in [-0.1, -0.05) is 6.08 Å². The second-order valence-electron chi connectivity index (χ2n) is 3.54. The van der Waals surface area contributed by atoms with E-state index in [1.165, 1.54) is 0 Å². The second-order valence-corrected chi connectivity index (χ2v) is 3.54. The Morgan fingerprint density at radius 2 is 2.06 bits per heavy atom. The average Bonchev–Trinajstić information content (AvgIpc) is 2.39. The van der Waals surface area contributed by atoms with Crippen LogP contribution in [0.2, 0.25) is 0 Å². The largest absolute Gasteiger partial charge is 0.493 e. The predicted molar refractivity (Wildman–Crippen MR) is 71.2 cm³/mol. The predicted octanol–water partition coefficient (Wildman–Crippen LogP) is 1.42. The molecule has 0 aliphatic rings. The Labute approximate surface area is 107 Å². The molecule has 0 atom stereocenters. The van der Waals surface area contributed by atoms with Crippen LogP contribution < -0.4 is 20.1 Å². The van der Waals surface area contributed by atoms with Crippen molar-refractivity contribution >= 4 is 11.6 Å². The topological polar surface area (TPSA) is 59.6 Å². The zero-order valence-electron chi connectivity index (χ0n) is 10.7. The standard InChI is InChI=1S/C13H18N2O3/c1-4-7-14-9-13(16)15-10-5-6-11(17-2)12(8-10)18-3/h4-6,8,14H,1,7,9H2,2-3H3,(H,15,16). The smallest absolute Gasteiger partial charge is 0.238 e. The van der Waals surface area contributed by atoms with Gasteiger partial charge in [0.25, 0.3) is 0 Å². The first-order valence-electron chi connectivity index (χ1n) is 5.54. The fraction of sp³-hybridized carbons (Fsp3) is 0.308. The Bertz CT molecular complexity index is 419. The highest BCUT2D eigenvalue weighted by molar-refractivity contribution is 5.92. The van der Waals surface area contributed by atoms with E-state index in [9.17, 15) is 4.79 Å². The van der Waals surface area contributed by atoms with E-state index < -0.39 is 0 Å². The van der Waals surface area contributed by atoms with E-state index in [0.717, 1.165) is 0 Å². The molecule has 1 rings (SSSR count). The normalized spacial score (nSPS) is 9.67. The highest BCUT2D eigenvalue weighted by atomic mass is 16.5. The number of hydrogen-bond acceptors (Lipinski definition) is 4. The summed E-state index contributed by atoms with van der Waals surface area (Å²) >= 11 is 0. The number of ether oxygens (including phenoxy) is 2. The molecule has 1 aromatic carbocycles. The molecule has 0 saturated heterocycles.